The number of nitrogens with zero attached hydrogens (tertiary/aromatic N) is 1. The molecule has 1 aromatic carbocycles. The maximum absolute atomic E-state index is 12.9. The van der Waals surface area contributed by atoms with E-state index in [1.54, 1.807) is 18.2 Å². The Hall–Kier alpha value is -2.24. The second-order valence-electron chi connectivity index (χ2n) is 7.61. The van der Waals surface area contributed by atoms with Gasteiger partial charge in [0.25, 0.3) is 5.91 Å². The summed E-state index contributed by atoms with van der Waals surface area (Å²) in [5, 5.41) is 9.21. The molecule has 0 radical (unpaired) electrons. The number of aliphatic carboxylic acids is 1. The Morgan fingerprint density at radius 1 is 1.11 bits per heavy atom. The molecule has 148 valence electrons. The van der Waals surface area contributed by atoms with Gasteiger partial charge < -0.3 is 19.5 Å². The van der Waals surface area contributed by atoms with Crippen LogP contribution >= 0.6 is 0 Å². The topological polar surface area (TPSA) is 76.1 Å². The first-order chi connectivity index (χ1) is 13.0. The van der Waals surface area contributed by atoms with Gasteiger partial charge in [0.15, 0.2) is 11.5 Å². The number of rotatable bonds is 8. The Kier molecular flexibility index (Phi) is 5.92. The first-order valence-electron chi connectivity index (χ1n) is 9.92. The van der Waals surface area contributed by atoms with Gasteiger partial charge in [0, 0.05) is 18.7 Å². The lowest BCUT2D eigenvalue weighted by Crippen LogP contribution is -2.40. The highest BCUT2D eigenvalue weighted by molar-refractivity contribution is 5.95. The van der Waals surface area contributed by atoms with Crippen molar-refractivity contribution in [1.29, 1.82) is 0 Å². The van der Waals surface area contributed by atoms with Crippen molar-refractivity contribution in [3.63, 3.8) is 0 Å². The van der Waals surface area contributed by atoms with E-state index in [-0.39, 0.29) is 17.2 Å². The molecule has 3 rings (SSSR count). The molecule has 1 unspecified atom stereocenters. The third-order valence-electron chi connectivity index (χ3n) is 5.65. The Balaban J connectivity index is 1.66. The van der Waals surface area contributed by atoms with E-state index < -0.39 is 5.97 Å². The van der Waals surface area contributed by atoms with E-state index in [0.717, 1.165) is 32.1 Å². The number of carbonyl (C=O) groups is 2. The van der Waals surface area contributed by atoms with E-state index in [1.165, 1.54) is 0 Å². The molecule has 2 fully saturated rings. The number of likely N-dealkylation sites (tertiary alicyclic amines) is 1. The van der Waals surface area contributed by atoms with Crippen LogP contribution < -0.4 is 9.47 Å². The zero-order chi connectivity index (χ0) is 19.4. The van der Waals surface area contributed by atoms with Crippen molar-refractivity contribution < 1.29 is 24.2 Å². The van der Waals surface area contributed by atoms with Crippen LogP contribution in [0.2, 0.25) is 0 Å². The predicted molar refractivity (Wildman–Crippen MR) is 101 cm³/mol. The summed E-state index contributed by atoms with van der Waals surface area (Å²) in [7, 11) is 0. The van der Waals surface area contributed by atoms with Gasteiger partial charge in [0.05, 0.1) is 19.1 Å². The summed E-state index contributed by atoms with van der Waals surface area (Å²) in [6.45, 7) is 6.48. The molecule has 1 saturated carbocycles. The highest BCUT2D eigenvalue weighted by Gasteiger charge is 2.59. The fraction of sp³-hybridized carbons (Fsp3) is 0.619. The molecule has 27 heavy (non-hydrogen) atoms. The molecule has 0 aromatic heterocycles. The van der Waals surface area contributed by atoms with Crippen molar-refractivity contribution in [3.8, 4) is 11.5 Å². The maximum Gasteiger partial charge on any atom is 0.307 e. The van der Waals surface area contributed by atoms with Crippen molar-refractivity contribution in [2.75, 3.05) is 26.3 Å². The number of benzene rings is 1. The molecule has 1 aliphatic heterocycles. The molecule has 1 N–H and O–H groups in total. The standard InChI is InChI=1S/C21H29NO5/c1-3-11-26-17-6-5-15(13-18(17)27-12-4-2)19(23)22-9-7-21(8-10-22)14-16(21)20(24)25/h5-6,13,16H,3-4,7-12,14H2,1-2H3,(H,24,25). The van der Waals surface area contributed by atoms with Gasteiger partial charge in [-0.25, -0.2) is 0 Å². The Bertz CT molecular complexity index is 694. The summed E-state index contributed by atoms with van der Waals surface area (Å²) in [5.41, 5.74) is 0.516. The minimum atomic E-state index is -0.699. The molecule has 6 nitrogen and oxygen atoms in total. The van der Waals surface area contributed by atoms with Crippen LogP contribution in [0, 0.1) is 11.3 Å². The highest BCUT2D eigenvalue weighted by Crippen LogP contribution is 2.59. The van der Waals surface area contributed by atoms with E-state index in [1.807, 2.05) is 18.7 Å². The molecule has 2 aliphatic rings. The first-order valence-corrected chi connectivity index (χ1v) is 9.92. The van der Waals surface area contributed by atoms with Gasteiger partial charge in [-0.05, 0) is 55.7 Å². The van der Waals surface area contributed by atoms with Gasteiger partial charge in [-0.2, -0.15) is 0 Å². The molecule has 1 amide bonds. The first kappa shape index (κ1) is 19.5. The van der Waals surface area contributed by atoms with Gasteiger partial charge in [0.2, 0.25) is 0 Å². The average molecular weight is 375 g/mol. The monoisotopic (exact) mass is 375 g/mol. The van der Waals surface area contributed by atoms with Crippen LogP contribution in [0.1, 0.15) is 56.3 Å². The lowest BCUT2D eigenvalue weighted by atomic mass is 9.90. The number of amides is 1. The van der Waals surface area contributed by atoms with Gasteiger partial charge in [-0.3, -0.25) is 9.59 Å². The molecule has 1 spiro atoms. The van der Waals surface area contributed by atoms with Crippen molar-refractivity contribution >= 4 is 11.9 Å². The Labute approximate surface area is 160 Å². The summed E-state index contributed by atoms with van der Waals surface area (Å²) >= 11 is 0. The lowest BCUT2D eigenvalue weighted by Gasteiger charge is -2.32. The summed E-state index contributed by atoms with van der Waals surface area (Å²) in [6, 6.07) is 5.36. The predicted octanol–water partition coefficient (Wildman–Crippen LogP) is 3.59. The van der Waals surface area contributed by atoms with Crippen LogP contribution in [0.5, 0.6) is 11.5 Å². The molecule has 1 aromatic rings. The quantitative estimate of drug-likeness (QED) is 0.751. The molecule has 0 bridgehead atoms. The zero-order valence-electron chi connectivity index (χ0n) is 16.2. The lowest BCUT2D eigenvalue weighted by molar-refractivity contribution is -0.139. The number of carbonyl (C=O) groups excluding carboxylic acids is 1. The zero-order valence-corrected chi connectivity index (χ0v) is 16.2. The molecule has 1 saturated heterocycles. The normalized spacial score (nSPS) is 20.4. The summed E-state index contributed by atoms with van der Waals surface area (Å²) in [4.78, 5) is 25.9. The highest BCUT2D eigenvalue weighted by atomic mass is 16.5. The van der Waals surface area contributed by atoms with Gasteiger partial charge in [-0.15, -0.1) is 0 Å². The third kappa shape index (κ3) is 4.20. The number of ether oxygens (including phenoxy) is 2. The second-order valence-corrected chi connectivity index (χ2v) is 7.61. The number of carboxylic acid groups (broad SMARTS) is 1. The smallest absolute Gasteiger partial charge is 0.307 e. The van der Waals surface area contributed by atoms with Crippen LogP contribution in [0.3, 0.4) is 0 Å². The minimum Gasteiger partial charge on any atom is -0.490 e. The molecule has 1 aliphatic carbocycles. The molecule has 1 atom stereocenters. The van der Waals surface area contributed by atoms with Crippen LogP contribution in [-0.2, 0) is 4.79 Å². The van der Waals surface area contributed by atoms with Gasteiger partial charge in [-0.1, -0.05) is 13.8 Å². The third-order valence-corrected chi connectivity index (χ3v) is 5.65. The fourth-order valence-electron chi connectivity index (χ4n) is 3.88. The van der Waals surface area contributed by atoms with E-state index >= 15 is 0 Å². The van der Waals surface area contributed by atoms with E-state index in [9.17, 15) is 14.7 Å². The Morgan fingerprint density at radius 2 is 1.74 bits per heavy atom. The summed E-state index contributed by atoms with van der Waals surface area (Å²) in [5.74, 6) is 0.328. The second kappa shape index (κ2) is 8.19. The van der Waals surface area contributed by atoms with Crippen LogP contribution in [0.25, 0.3) is 0 Å². The van der Waals surface area contributed by atoms with E-state index in [2.05, 4.69) is 0 Å². The number of hydrogen-bond acceptors (Lipinski definition) is 4. The number of carboxylic acids is 1. The van der Waals surface area contributed by atoms with Crippen molar-refractivity contribution in [1.82, 2.24) is 4.90 Å². The van der Waals surface area contributed by atoms with Crippen LogP contribution in [0.4, 0.5) is 0 Å². The van der Waals surface area contributed by atoms with Crippen LogP contribution in [-0.4, -0.2) is 48.2 Å². The minimum absolute atomic E-state index is 0.0271. The SMILES string of the molecule is CCCOc1ccc(C(=O)N2CCC3(CC2)CC3C(=O)O)cc1OCCC. The Morgan fingerprint density at radius 3 is 2.30 bits per heavy atom. The maximum atomic E-state index is 12.9. The van der Waals surface area contributed by atoms with Crippen molar-refractivity contribution in [2.24, 2.45) is 11.3 Å². The fourth-order valence-corrected chi connectivity index (χ4v) is 3.88. The van der Waals surface area contributed by atoms with Crippen molar-refractivity contribution in [2.45, 2.75) is 46.0 Å². The number of hydrogen-bond donors (Lipinski definition) is 1. The van der Waals surface area contributed by atoms with Crippen LogP contribution in [0.15, 0.2) is 18.2 Å². The van der Waals surface area contributed by atoms with Gasteiger partial charge >= 0.3 is 5.97 Å². The van der Waals surface area contributed by atoms with Gasteiger partial charge in [0.1, 0.15) is 0 Å². The molecule has 6 heteroatoms. The number of piperidine rings is 1. The summed E-state index contributed by atoms with van der Waals surface area (Å²) < 4.78 is 11.5. The summed E-state index contributed by atoms with van der Waals surface area (Å²) in [6.07, 6.45) is 4.08. The average Bonchev–Trinajstić information content (AvgIpc) is 3.38. The molecular formula is C21H29NO5. The van der Waals surface area contributed by atoms with Crippen molar-refractivity contribution in [3.05, 3.63) is 23.8 Å². The van der Waals surface area contributed by atoms with E-state index in [4.69, 9.17) is 9.47 Å². The largest absolute Gasteiger partial charge is 0.490 e. The molecule has 1 heterocycles. The van der Waals surface area contributed by atoms with E-state index in [0.29, 0.717) is 43.4 Å². The molecular weight excluding hydrogens is 346 g/mol.